The third-order valence-corrected chi connectivity index (χ3v) is 5.58. The van der Waals surface area contributed by atoms with Crippen LogP contribution in [0.25, 0.3) is 0 Å². The molecule has 2 aliphatic heterocycles. The number of ether oxygens (including phenoxy) is 2. The summed E-state index contributed by atoms with van der Waals surface area (Å²) in [7, 11) is 1.11. The Morgan fingerprint density at radius 3 is 2.52 bits per heavy atom. The van der Waals surface area contributed by atoms with E-state index in [0.717, 1.165) is 7.11 Å². The standard InChI is InChI=1S/C22H25NO8/c1-4-5-11-14(24)15(25)16-12(2)17(26)21(31-16)19(28)22(30-3,23-20(21)29)18(27)13-9-7-6-8-10-13/h5-11,14-15,19,24-25,28H,4H2,1-3H3,(H,23,29)/t14-,15-,19-,21-,22+/m1/s1. The number of carbonyl (C=O) groups is 3. The van der Waals surface area contributed by atoms with Crippen molar-refractivity contribution in [2.75, 3.05) is 7.11 Å². The van der Waals surface area contributed by atoms with Crippen LogP contribution in [-0.2, 0) is 19.1 Å². The number of hydrogen-bond acceptors (Lipinski definition) is 8. The Hall–Kier alpha value is -2.85. The number of carbonyl (C=O) groups excluding carboxylic acids is 3. The molecule has 1 fully saturated rings. The highest BCUT2D eigenvalue weighted by Gasteiger charge is 2.74. The Morgan fingerprint density at radius 2 is 1.94 bits per heavy atom. The summed E-state index contributed by atoms with van der Waals surface area (Å²) in [5.41, 5.74) is -4.83. The van der Waals surface area contributed by atoms with Crippen molar-refractivity contribution in [2.45, 2.75) is 49.9 Å². The summed E-state index contributed by atoms with van der Waals surface area (Å²) in [6, 6.07) is 7.82. The molecule has 0 saturated carbocycles. The van der Waals surface area contributed by atoms with E-state index in [-0.39, 0.29) is 16.9 Å². The molecule has 1 saturated heterocycles. The predicted octanol–water partition coefficient (Wildman–Crippen LogP) is 0.00280. The fraction of sp³-hybridized carbons (Fsp3) is 0.409. The van der Waals surface area contributed by atoms with Crippen molar-refractivity contribution in [2.24, 2.45) is 0 Å². The fourth-order valence-electron chi connectivity index (χ4n) is 3.81. The largest absolute Gasteiger partial charge is 0.467 e. The zero-order chi connectivity index (χ0) is 23.0. The van der Waals surface area contributed by atoms with Crippen LogP contribution in [0.15, 0.2) is 53.8 Å². The van der Waals surface area contributed by atoms with Crippen molar-refractivity contribution in [3.63, 3.8) is 0 Å². The van der Waals surface area contributed by atoms with E-state index in [9.17, 15) is 29.7 Å². The summed E-state index contributed by atoms with van der Waals surface area (Å²) >= 11 is 0. The number of nitrogens with one attached hydrogen (secondary N) is 1. The van der Waals surface area contributed by atoms with Crippen LogP contribution in [0.2, 0.25) is 0 Å². The summed E-state index contributed by atoms with van der Waals surface area (Å²) < 4.78 is 10.8. The Kier molecular flexibility index (Phi) is 6.15. The number of aliphatic hydroxyl groups excluding tert-OH is 3. The van der Waals surface area contributed by atoms with Crippen molar-refractivity contribution >= 4 is 17.5 Å². The van der Waals surface area contributed by atoms with Gasteiger partial charge < -0.3 is 30.1 Å². The minimum Gasteiger partial charge on any atom is -0.467 e. The average molecular weight is 431 g/mol. The summed E-state index contributed by atoms with van der Waals surface area (Å²) in [6.07, 6.45) is -1.60. The molecule has 0 unspecified atom stereocenters. The minimum absolute atomic E-state index is 0.135. The molecule has 1 amide bonds. The molecular formula is C22H25NO8. The number of amides is 1. The van der Waals surface area contributed by atoms with Crippen LogP contribution >= 0.6 is 0 Å². The second-order valence-electron chi connectivity index (χ2n) is 7.42. The average Bonchev–Trinajstić information content (AvgIpc) is 3.18. The SMILES string of the molecule is CCC=C[C@@H](O)[C@@H](O)C1=C(C)C(=O)[C@]2(O1)C(=O)N[C@](OC)(C(=O)c1ccccc1)[C@@H]2O. The second kappa shape index (κ2) is 8.35. The van der Waals surface area contributed by atoms with Gasteiger partial charge in [0.05, 0.1) is 0 Å². The maximum Gasteiger partial charge on any atom is 0.278 e. The summed E-state index contributed by atoms with van der Waals surface area (Å²) in [5, 5.41) is 34.0. The van der Waals surface area contributed by atoms with Crippen LogP contribution in [0, 0.1) is 0 Å². The van der Waals surface area contributed by atoms with Crippen molar-refractivity contribution < 1.29 is 39.2 Å². The molecule has 0 aliphatic carbocycles. The maximum absolute atomic E-state index is 13.1. The first-order valence-corrected chi connectivity index (χ1v) is 9.80. The summed E-state index contributed by atoms with van der Waals surface area (Å²) in [5.74, 6) is -3.15. The van der Waals surface area contributed by atoms with Crippen LogP contribution in [-0.4, -0.2) is 69.5 Å². The highest BCUT2D eigenvalue weighted by Crippen LogP contribution is 2.44. The lowest BCUT2D eigenvalue weighted by atomic mass is 9.85. The van der Waals surface area contributed by atoms with Crippen molar-refractivity contribution in [1.82, 2.24) is 5.32 Å². The van der Waals surface area contributed by atoms with Gasteiger partial charge in [0.2, 0.25) is 17.3 Å². The molecule has 2 heterocycles. The summed E-state index contributed by atoms with van der Waals surface area (Å²) in [6.45, 7) is 3.13. The molecule has 9 nitrogen and oxygen atoms in total. The molecule has 1 aromatic rings. The molecule has 1 aromatic carbocycles. The Morgan fingerprint density at radius 1 is 1.29 bits per heavy atom. The van der Waals surface area contributed by atoms with E-state index in [4.69, 9.17) is 9.47 Å². The van der Waals surface area contributed by atoms with Gasteiger partial charge in [-0.3, -0.25) is 14.4 Å². The zero-order valence-corrected chi connectivity index (χ0v) is 17.4. The Labute approximate surface area is 179 Å². The first-order valence-electron chi connectivity index (χ1n) is 9.80. The Balaban J connectivity index is 1.99. The van der Waals surface area contributed by atoms with Crippen LogP contribution in [0.1, 0.15) is 30.6 Å². The van der Waals surface area contributed by atoms with Crippen molar-refractivity contribution in [3.8, 4) is 0 Å². The first kappa shape index (κ1) is 22.8. The Bertz CT molecular complexity index is 956. The van der Waals surface area contributed by atoms with Crippen molar-refractivity contribution in [1.29, 1.82) is 0 Å². The van der Waals surface area contributed by atoms with Gasteiger partial charge in [-0.05, 0) is 13.3 Å². The van der Waals surface area contributed by atoms with Crippen LogP contribution in [0.5, 0.6) is 0 Å². The highest BCUT2D eigenvalue weighted by molar-refractivity contribution is 6.23. The van der Waals surface area contributed by atoms with E-state index in [1.54, 1.807) is 24.3 Å². The van der Waals surface area contributed by atoms with Gasteiger partial charge in [0.1, 0.15) is 18.0 Å². The molecule has 166 valence electrons. The number of aliphatic hydroxyl groups is 3. The monoisotopic (exact) mass is 431 g/mol. The van der Waals surface area contributed by atoms with Gasteiger partial charge in [-0.15, -0.1) is 0 Å². The topological polar surface area (TPSA) is 142 Å². The van der Waals surface area contributed by atoms with Gasteiger partial charge in [0.25, 0.3) is 11.5 Å². The zero-order valence-electron chi connectivity index (χ0n) is 17.4. The van der Waals surface area contributed by atoms with Gasteiger partial charge in [-0.2, -0.15) is 0 Å². The quantitative estimate of drug-likeness (QED) is 0.269. The smallest absolute Gasteiger partial charge is 0.278 e. The third kappa shape index (κ3) is 3.30. The third-order valence-electron chi connectivity index (χ3n) is 5.58. The van der Waals surface area contributed by atoms with Gasteiger partial charge in [0.15, 0.2) is 6.10 Å². The number of Topliss-reactive ketones (excluding diaryl/α,β-unsaturated/α-hetero) is 2. The van der Waals surface area contributed by atoms with E-state index in [1.165, 1.54) is 25.1 Å². The lowest BCUT2D eigenvalue weighted by Crippen LogP contribution is -2.60. The number of rotatable bonds is 7. The molecule has 1 spiro atoms. The molecule has 0 bridgehead atoms. The molecular weight excluding hydrogens is 406 g/mol. The predicted molar refractivity (Wildman–Crippen MR) is 108 cm³/mol. The highest BCUT2D eigenvalue weighted by atomic mass is 16.6. The lowest BCUT2D eigenvalue weighted by molar-refractivity contribution is -0.163. The molecule has 0 radical (unpaired) electrons. The number of benzene rings is 1. The number of ketones is 2. The normalized spacial score (nSPS) is 30.1. The van der Waals surface area contributed by atoms with Crippen LogP contribution < -0.4 is 5.32 Å². The van der Waals surface area contributed by atoms with Gasteiger partial charge >= 0.3 is 0 Å². The molecule has 5 atom stereocenters. The molecule has 9 heteroatoms. The molecule has 3 rings (SSSR count). The molecule has 2 aliphatic rings. The van der Waals surface area contributed by atoms with Gasteiger partial charge in [-0.25, -0.2) is 0 Å². The lowest BCUT2D eigenvalue weighted by Gasteiger charge is -2.32. The summed E-state index contributed by atoms with van der Waals surface area (Å²) in [4.78, 5) is 39.2. The first-order chi connectivity index (χ1) is 14.7. The molecule has 31 heavy (non-hydrogen) atoms. The second-order valence-corrected chi connectivity index (χ2v) is 7.42. The van der Waals surface area contributed by atoms with E-state index < -0.39 is 47.1 Å². The van der Waals surface area contributed by atoms with Crippen molar-refractivity contribution in [3.05, 3.63) is 59.4 Å². The van der Waals surface area contributed by atoms with Crippen LogP contribution in [0.3, 0.4) is 0 Å². The van der Waals surface area contributed by atoms with E-state index in [0.29, 0.717) is 6.42 Å². The molecule has 0 aromatic heterocycles. The van der Waals surface area contributed by atoms with Crippen LogP contribution in [0.4, 0.5) is 0 Å². The maximum atomic E-state index is 13.1. The van der Waals surface area contributed by atoms with Gasteiger partial charge in [-0.1, -0.05) is 49.4 Å². The molecule has 4 N–H and O–H groups in total. The van der Waals surface area contributed by atoms with Gasteiger partial charge in [0, 0.05) is 18.2 Å². The van der Waals surface area contributed by atoms with E-state index in [2.05, 4.69) is 5.32 Å². The van der Waals surface area contributed by atoms with E-state index in [1.807, 2.05) is 6.92 Å². The number of allylic oxidation sites excluding steroid dienone is 1. The fourth-order valence-corrected chi connectivity index (χ4v) is 3.81. The minimum atomic E-state index is -2.53. The van der Waals surface area contributed by atoms with E-state index >= 15 is 0 Å². The number of hydrogen-bond donors (Lipinski definition) is 4. The number of methoxy groups -OCH3 is 1.